The van der Waals surface area contributed by atoms with Gasteiger partial charge in [0.05, 0.1) is 17.6 Å². The maximum Gasteiger partial charge on any atom is 0.169 e. The zero-order valence-corrected chi connectivity index (χ0v) is 12.1. The molecule has 0 aliphatic heterocycles. The minimum Gasteiger partial charge on any atom is -0.314 e. The van der Waals surface area contributed by atoms with Crippen LogP contribution < -0.4 is 0 Å². The van der Waals surface area contributed by atoms with Crippen molar-refractivity contribution in [3.63, 3.8) is 0 Å². The highest BCUT2D eigenvalue weighted by Crippen LogP contribution is 2.25. The monoisotopic (exact) mass is 288 g/mol. The summed E-state index contributed by atoms with van der Waals surface area (Å²) >= 11 is 7.68. The average molecular weight is 289 g/mol. The van der Waals surface area contributed by atoms with Gasteiger partial charge in [-0.1, -0.05) is 53.7 Å². The van der Waals surface area contributed by atoms with Crippen LogP contribution in [0.2, 0.25) is 5.02 Å². The standard InChI is InChI=1S/C15H13ClN2S/c1-19-15-17-13-9-12(16)7-8-14(13)18(15)10-11-5-3-2-4-6-11/h2-9H,10H2,1H3. The Balaban J connectivity index is 2.11. The molecule has 0 saturated carbocycles. The molecule has 0 radical (unpaired) electrons. The van der Waals surface area contributed by atoms with Crippen molar-refractivity contribution in [3.05, 3.63) is 59.1 Å². The highest BCUT2D eigenvalue weighted by atomic mass is 35.5. The first-order chi connectivity index (χ1) is 9.28. The first kappa shape index (κ1) is 12.6. The number of halogens is 1. The van der Waals surface area contributed by atoms with E-state index in [0.29, 0.717) is 0 Å². The molecule has 1 heterocycles. The molecule has 1 aromatic heterocycles. The molecule has 0 N–H and O–H groups in total. The third kappa shape index (κ3) is 2.48. The van der Waals surface area contributed by atoms with Crippen LogP contribution >= 0.6 is 23.4 Å². The summed E-state index contributed by atoms with van der Waals surface area (Å²) in [5.74, 6) is 0. The summed E-state index contributed by atoms with van der Waals surface area (Å²) in [6.45, 7) is 0.829. The lowest BCUT2D eigenvalue weighted by atomic mass is 10.2. The zero-order chi connectivity index (χ0) is 13.2. The van der Waals surface area contributed by atoms with Crippen LogP contribution in [-0.2, 0) is 6.54 Å². The van der Waals surface area contributed by atoms with E-state index in [1.54, 1.807) is 11.8 Å². The highest BCUT2D eigenvalue weighted by molar-refractivity contribution is 7.98. The number of benzene rings is 2. The molecule has 0 unspecified atom stereocenters. The number of rotatable bonds is 3. The number of aromatic nitrogens is 2. The minimum atomic E-state index is 0.726. The molecule has 0 bridgehead atoms. The van der Waals surface area contributed by atoms with E-state index in [4.69, 9.17) is 11.6 Å². The lowest BCUT2D eigenvalue weighted by Gasteiger charge is -2.07. The molecule has 2 aromatic carbocycles. The van der Waals surface area contributed by atoms with Crippen LogP contribution in [0.25, 0.3) is 11.0 Å². The minimum absolute atomic E-state index is 0.726. The Bertz CT molecular complexity index is 707. The van der Waals surface area contributed by atoms with E-state index in [1.165, 1.54) is 5.56 Å². The number of hydrogen-bond acceptors (Lipinski definition) is 2. The number of imidazole rings is 1. The molecule has 0 fully saturated rings. The second-order valence-electron chi connectivity index (χ2n) is 4.30. The van der Waals surface area contributed by atoms with E-state index in [-0.39, 0.29) is 0 Å². The maximum atomic E-state index is 6.03. The van der Waals surface area contributed by atoms with Crippen molar-refractivity contribution in [2.24, 2.45) is 0 Å². The van der Waals surface area contributed by atoms with Gasteiger partial charge in [-0.05, 0) is 30.0 Å². The van der Waals surface area contributed by atoms with Gasteiger partial charge in [-0.3, -0.25) is 0 Å². The molecule has 0 amide bonds. The van der Waals surface area contributed by atoms with E-state index in [2.05, 4.69) is 33.8 Å². The Morgan fingerprint density at radius 2 is 1.95 bits per heavy atom. The van der Waals surface area contributed by atoms with Crippen molar-refractivity contribution in [1.82, 2.24) is 9.55 Å². The lowest BCUT2D eigenvalue weighted by molar-refractivity contribution is 0.732. The van der Waals surface area contributed by atoms with Gasteiger partial charge in [-0.2, -0.15) is 0 Å². The predicted octanol–water partition coefficient (Wildman–Crippen LogP) is 4.46. The molecule has 0 atom stereocenters. The first-order valence-corrected chi connectivity index (χ1v) is 7.62. The molecule has 19 heavy (non-hydrogen) atoms. The molecule has 0 aliphatic carbocycles. The Labute approximate surface area is 121 Å². The first-order valence-electron chi connectivity index (χ1n) is 6.01. The van der Waals surface area contributed by atoms with Crippen molar-refractivity contribution >= 4 is 34.4 Å². The molecule has 3 rings (SSSR count). The summed E-state index contributed by atoms with van der Waals surface area (Å²) in [5.41, 5.74) is 3.34. The summed E-state index contributed by atoms with van der Waals surface area (Å²) < 4.78 is 2.23. The van der Waals surface area contributed by atoms with E-state index < -0.39 is 0 Å². The molecular weight excluding hydrogens is 276 g/mol. The summed E-state index contributed by atoms with van der Waals surface area (Å²) in [6.07, 6.45) is 2.05. The van der Waals surface area contributed by atoms with Crippen LogP contribution in [0.5, 0.6) is 0 Å². The average Bonchev–Trinajstić information content (AvgIpc) is 2.77. The Hall–Kier alpha value is -1.45. The van der Waals surface area contributed by atoms with E-state index in [9.17, 15) is 0 Å². The van der Waals surface area contributed by atoms with Gasteiger partial charge in [0.15, 0.2) is 5.16 Å². The number of fused-ring (bicyclic) bond motifs is 1. The molecular formula is C15H13ClN2S. The quantitative estimate of drug-likeness (QED) is 0.662. The Morgan fingerprint density at radius 1 is 1.16 bits per heavy atom. The smallest absolute Gasteiger partial charge is 0.169 e. The van der Waals surface area contributed by atoms with Crippen molar-refractivity contribution < 1.29 is 0 Å². The molecule has 0 spiro atoms. The SMILES string of the molecule is CSc1nc2cc(Cl)ccc2n1Cc1ccccc1. The third-order valence-electron chi connectivity index (χ3n) is 3.04. The summed E-state index contributed by atoms with van der Waals surface area (Å²) in [6, 6.07) is 16.3. The van der Waals surface area contributed by atoms with Crippen molar-refractivity contribution in [1.29, 1.82) is 0 Å². The van der Waals surface area contributed by atoms with Crippen LogP contribution in [-0.4, -0.2) is 15.8 Å². The van der Waals surface area contributed by atoms with Crippen LogP contribution in [0, 0.1) is 0 Å². The van der Waals surface area contributed by atoms with Gasteiger partial charge in [0.1, 0.15) is 0 Å². The van der Waals surface area contributed by atoms with E-state index in [1.807, 2.05) is 30.5 Å². The van der Waals surface area contributed by atoms with E-state index >= 15 is 0 Å². The number of hydrogen-bond donors (Lipinski definition) is 0. The molecule has 0 saturated heterocycles. The zero-order valence-electron chi connectivity index (χ0n) is 10.5. The van der Waals surface area contributed by atoms with Crippen molar-refractivity contribution in [2.75, 3.05) is 6.26 Å². The summed E-state index contributed by atoms with van der Waals surface area (Å²) in [5, 5.41) is 1.74. The maximum absolute atomic E-state index is 6.03. The fourth-order valence-electron chi connectivity index (χ4n) is 2.16. The van der Waals surface area contributed by atoms with Gasteiger partial charge >= 0.3 is 0 Å². The predicted molar refractivity (Wildman–Crippen MR) is 82.1 cm³/mol. The summed E-state index contributed by atoms with van der Waals surface area (Å²) in [7, 11) is 0. The number of nitrogens with zero attached hydrogens (tertiary/aromatic N) is 2. The summed E-state index contributed by atoms with van der Waals surface area (Å²) in [4.78, 5) is 4.63. The fraction of sp³-hybridized carbons (Fsp3) is 0.133. The second-order valence-corrected chi connectivity index (χ2v) is 5.51. The Kier molecular flexibility index (Phi) is 3.49. The van der Waals surface area contributed by atoms with Crippen LogP contribution in [0.4, 0.5) is 0 Å². The largest absolute Gasteiger partial charge is 0.314 e. The second kappa shape index (κ2) is 5.27. The number of thioether (sulfide) groups is 1. The molecule has 2 nitrogen and oxygen atoms in total. The third-order valence-corrected chi connectivity index (χ3v) is 3.95. The van der Waals surface area contributed by atoms with Gasteiger partial charge < -0.3 is 4.57 Å². The normalized spacial score (nSPS) is 11.1. The topological polar surface area (TPSA) is 17.8 Å². The van der Waals surface area contributed by atoms with Crippen molar-refractivity contribution in [2.45, 2.75) is 11.7 Å². The molecule has 0 aliphatic rings. The van der Waals surface area contributed by atoms with Crippen LogP contribution in [0.15, 0.2) is 53.7 Å². The van der Waals surface area contributed by atoms with Crippen molar-refractivity contribution in [3.8, 4) is 0 Å². The van der Waals surface area contributed by atoms with Gasteiger partial charge in [-0.15, -0.1) is 0 Å². The Morgan fingerprint density at radius 3 is 2.68 bits per heavy atom. The molecule has 4 heteroatoms. The van der Waals surface area contributed by atoms with Gasteiger partial charge in [0.25, 0.3) is 0 Å². The van der Waals surface area contributed by atoms with Crippen LogP contribution in [0.3, 0.4) is 0 Å². The van der Waals surface area contributed by atoms with E-state index in [0.717, 1.165) is 27.8 Å². The lowest BCUT2D eigenvalue weighted by Crippen LogP contribution is -2.00. The van der Waals surface area contributed by atoms with Crippen LogP contribution in [0.1, 0.15) is 5.56 Å². The van der Waals surface area contributed by atoms with Gasteiger partial charge in [-0.25, -0.2) is 4.98 Å². The molecule has 96 valence electrons. The fourth-order valence-corrected chi connectivity index (χ4v) is 2.89. The highest BCUT2D eigenvalue weighted by Gasteiger charge is 2.10. The van der Waals surface area contributed by atoms with Gasteiger partial charge in [0.2, 0.25) is 0 Å². The molecule has 3 aromatic rings. The van der Waals surface area contributed by atoms with Gasteiger partial charge in [0, 0.05) is 5.02 Å².